The number of carbonyl (C=O) groups excluding carboxylic acids is 2. The fraction of sp³-hybridized carbons (Fsp3) is 0.333. The normalized spacial score (nSPS) is 17.7. The number of fused-ring (bicyclic) bond motifs is 1. The van der Waals surface area contributed by atoms with E-state index in [9.17, 15) is 9.59 Å². The van der Waals surface area contributed by atoms with Gasteiger partial charge >= 0.3 is 0 Å². The molecular weight excluding hydrogens is 457 g/mol. The summed E-state index contributed by atoms with van der Waals surface area (Å²) in [7, 11) is 0. The number of amides is 2. The number of likely N-dealkylation sites (tertiary alicyclic amines) is 1. The largest absolute Gasteiger partial charge is 0.335 e. The van der Waals surface area contributed by atoms with Gasteiger partial charge in [0.1, 0.15) is 0 Å². The van der Waals surface area contributed by atoms with E-state index < -0.39 is 0 Å². The van der Waals surface area contributed by atoms with Crippen LogP contribution in [-0.2, 0) is 0 Å². The Balaban J connectivity index is 1.17. The van der Waals surface area contributed by atoms with Gasteiger partial charge < -0.3 is 9.80 Å². The predicted octanol–water partition coefficient (Wildman–Crippen LogP) is 3.28. The lowest BCUT2D eigenvalue weighted by Gasteiger charge is -2.48. The maximum Gasteiger partial charge on any atom is 0.282 e. The van der Waals surface area contributed by atoms with E-state index >= 15 is 0 Å². The molecule has 4 heterocycles. The van der Waals surface area contributed by atoms with Gasteiger partial charge in [0.2, 0.25) is 0 Å². The van der Waals surface area contributed by atoms with Crippen molar-refractivity contribution in [1.29, 1.82) is 0 Å². The second-order valence-corrected chi connectivity index (χ2v) is 9.42. The van der Waals surface area contributed by atoms with Crippen molar-refractivity contribution in [2.24, 2.45) is 0 Å². The van der Waals surface area contributed by atoms with Crippen LogP contribution in [0.15, 0.2) is 36.0 Å². The number of thiazole rings is 1. The van der Waals surface area contributed by atoms with Crippen LogP contribution in [-0.4, -0.2) is 81.8 Å². The Kier molecular flexibility index (Phi) is 5.56. The van der Waals surface area contributed by atoms with Crippen LogP contribution in [0.5, 0.6) is 0 Å². The summed E-state index contributed by atoms with van der Waals surface area (Å²) in [6.07, 6.45) is 3.24. The molecule has 7 nitrogen and oxygen atoms in total. The smallest absolute Gasteiger partial charge is 0.282 e. The van der Waals surface area contributed by atoms with Crippen molar-refractivity contribution in [3.8, 4) is 0 Å². The molecule has 3 aromatic rings. The lowest BCUT2D eigenvalue weighted by Crippen LogP contribution is -2.64. The van der Waals surface area contributed by atoms with Gasteiger partial charge in [0, 0.05) is 68.5 Å². The maximum atomic E-state index is 12.9. The van der Waals surface area contributed by atoms with E-state index in [1.165, 1.54) is 11.3 Å². The highest BCUT2D eigenvalue weighted by atomic mass is 35.5. The summed E-state index contributed by atoms with van der Waals surface area (Å²) in [5.74, 6) is -0.0282. The number of halogens is 2. The van der Waals surface area contributed by atoms with Crippen LogP contribution in [0.1, 0.15) is 20.2 Å². The third-order valence-electron chi connectivity index (χ3n) is 5.85. The summed E-state index contributed by atoms with van der Waals surface area (Å²) in [6.45, 7) is 4.33. The maximum absolute atomic E-state index is 12.9. The minimum atomic E-state index is -0.0331. The van der Waals surface area contributed by atoms with Gasteiger partial charge in [-0.25, -0.2) is 4.98 Å². The van der Waals surface area contributed by atoms with Gasteiger partial charge in [0.05, 0.1) is 21.1 Å². The minimum absolute atomic E-state index is 0.00487. The number of hydrogen-bond donors (Lipinski definition) is 0. The third kappa shape index (κ3) is 4.01. The Morgan fingerprint density at radius 1 is 0.935 bits per heavy atom. The van der Waals surface area contributed by atoms with E-state index in [0.29, 0.717) is 58.4 Å². The van der Waals surface area contributed by atoms with Crippen LogP contribution in [0.4, 0.5) is 0 Å². The van der Waals surface area contributed by atoms with Crippen molar-refractivity contribution in [3.05, 3.63) is 56.6 Å². The molecule has 1 aromatic carbocycles. The first-order valence-electron chi connectivity index (χ1n) is 9.96. The van der Waals surface area contributed by atoms with Crippen LogP contribution in [0.3, 0.4) is 0 Å². The van der Waals surface area contributed by atoms with Crippen LogP contribution in [0.25, 0.3) is 10.9 Å². The Morgan fingerprint density at radius 3 is 2.39 bits per heavy atom. The second-order valence-electron chi connectivity index (χ2n) is 7.71. The standard InChI is InChI=1S/C21H19Cl2N5O2S/c22-16-8-13-7-14(10-25-18(13)9-17(16)23)20(29)28-11-15(12-28)26-2-4-27(5-3-26)21(30)19-24-1-6-31-19/h1,6-10,15H,2-5,11-12H2. The molecule has 10 heteroatoms. The molecule has 0 unspecified atom stereocenters. The van der Waals surface area contributed by atoms with Crippen molar-refractivity contribution < 1.29 is 9.59 Å². The van der Waals surface area contributed by atoms with Crippen LogP contribution in [0, 0.1) is 0 Å². The monoisotopic (exact) mass is 475 g/mol. The SMILES string of the molecule is O=C(c1cnc2cc(Cl)c(Cl)cc2c1)N1CC(N2CCN(C(=O)c3nccs3)CC2)C1. The summed E-state index contributed by atoms with van der Waals surface area (Å²) in [4.78, 5) is 39.8. The lowest BCUT2D eigenvalue weighted by atomic mass is 10.0. The van der Waals surface area contributed by atoms with E-state index in [0.717, 1.165) is 18.5 Å². The van der Waals surface area contributed by atoms with E-state index in [4.69, 9.17) is 23.2 Å². The van der Waals surface area contributed by atoms with Crippen molar-refractivity contribution in [2.45, 2.75) is 6.04 Å². The zero-order chi connectivity index (χ0) is 21.5. The van der Waals surface area contributed by atoms with Gasteiger partial charge in [-0.3, -0.25) is 19.5 Å². The summed E-state index contributed by atoms with van der Waals surface area (Å²) in [6, 6.07) is 5.56. The van der Waals surface area contributed by atoms with E-state index in [1.807, 2.05) is 21.2 Å². The molecule has 0 aliphatic carbocycles. The first-order valence-corrected chi connectivity index (χ1v) is 11.6. The number of piperazine rings is 1. The first-order chi connectivity index (χ1) is 15.0. The van der Waals surface area contributed by atoms with Crippen LogP contribution in [0.2, 0.25) is 10.0 Å². The highest BCUT2D eigenvalue weighted by Crippen LogP contribution is 2.28. The Labute approximate surface area is 193 Å². The Hall–Kier alpha value is -2.26. The van der Waals surface area contributed by atoms with E-state index in [1.54, 1.807) is 24.5 Å². The van der Waals surface area contributed by atoms with Crippen molar-refractivity contribution >= 4 is 57.3 Å². The summed E-state index contributed by atoms with van der Waals surface area (Å²) in [5.41, 5.74) is 1.25. The molecular formula is C21H19Cl2N5O2S. The zero-order valence-electron chi connectivity index (χ0n) is 16.5. The molecule has 2 amide bonds. The molecule has 0 spiro atoms. The van der Waals surface area contributed by atoms with E-state index in [2.05, 4.69) is 14.9 Å². The molecule has 2 saturated heterocycles. The molecule has 2 aliphatic rings. The topological polar surface area (TPSA) is 69.6 Å². The second kappa shape index (κ2) is 8.35. The van der Waals surface area contributed by atoms with Gasteiger partial charge in [-0.15, -0.1) is 11.3 Å². The number of nitrogens with zero attached hydrogens (tertiary/aromatic N) is 5. The molecule has 2 aromatic heterocycles. The van der Waals surface area contributed by atoms with Gasteiger partial charge in [-0.2, -0.15) is 0 Å². The Bertz CT molecular complexity index is 1140. The molecule has 2 aliphatic heterocycles. The molecule has 160 valence electrons. The quantitative estimate of drug-likeness (QED) is 0.581. The van der Waals surface area contributed by atoms with Crippen molar-refractivity contribution in [3.63, 3.8) is 0 Å². The highest BCUT2D eigenvalue weighted by molar-refractivity contribution is 7.11. The number of aromatic nitrogens is 2. The van der Waals surface area contributed by atoms with Crippen LogP contribution < -0.4 is 0 Å². The fourth-order valence-corrected chi connectivity index (χ4v) is 4.96. The average molecular weight is 476 g/mol. The van der Waals surface area contributed by atoms with Gasteiger partial charge in [-0.1, -0.05) is 23.2 Å². The number of carbonyl (C=O) groups is 2. The van der Waals surface area contributed by atoms with E-state index in [-0.39, 0.29) is 11.8 Å². The van der Waals surface area contributed by atoms with Gasteiger partial charge in [-0.05, 0) is 18.2 Å². The Morgan fingerprint density at radius 2 is 1.68 bits per heavy atom. The number of pyridine rings is 1. The number of hydrogen-bond acceptors (Lipinski definition) is 6. The van der Waals surface area contributed by atoms with Gasteiger partial charge in [0.15, 0.2) is 5.01 Å². The highest BCUT2D eigenvalue weighted by Gasteiger charge is 2.37. The molecule has 5 rings (SSSR count). The molecule has 0 saturated carbocycles. The molecule has 0 atom stereocenters. The first kappa shape index (κ1) is 20.6. The number of rotatable bonds is 3. The minimum Gasteiger partial charge on any atom is -0.335 e. The summed E-state index contributed by atoms with van der Waals surface area (Å²) >= 11 is 13.5. The fourth-order valence-electron chi connectivity index (χ4n) is 4.03. The molecule has 2 fully saturated rings. The molecule has 0 radical (unpaired) electrons. The molecule has 0 N–H and O–H groups in total. The summed E-state index contributed by atoms with van der Waals surface area (Å²) in [5, 5.41) is 4.04. The van der Waals surface area contributed by atoms with Crippen molar-refractivity contribution in [2.75, 3.05) is 39.3 Å². The molecule has 31 heavy (non-hydrogen) atoms. The summed E-state index contributed by atoms with van der Waals surface area (Å²) < 4.78 is 0. The zero-order valence-corrected chi connectivity index (χ0v) is 18.8. The van der Waals surface area contributed by atoms with Gasteiger partial charge in [0.25, 0.3) is 11.8 Å². The van der Waals surface area contributed by atoms with Crippen molar-refractivity contribution in [1.82, 2.24) is 24.7 Å². The lowest BCUT2D eigenvalue weighted by molar-refractivity contribution is 0.00852. The third-order valence-corrected chi connectivity index (χ3v) is 7.34. The molecule has 0 bridgehead atoms. The predicted molar refractivity (Wildman–Crippen MR) is 121 cm³/mol. The van der Waals surface area contributed by atoms with Crippen LogP contribution >= 0.6 is 34.5 Å². The average Bonchev–Trinajstić information content (AvgIpc) is 3.28. The number of benzene rings is 1.